The number of sulfonamides is 1. The van der Waals surface area contributed by atoms with Crippen LogP contribution in [-0.4, -0.2) is 32.3 Å². The first-order valence-electron chi connectivity index (χ1n) is 7.90. The number of hydrogen-bond acceptors (Lipinski definition) is 3. The molecule has 0 spiro atoms. The van der Waals surface area contributed by atoms with E-state index < -0.39 is 15.8 Å². The summed E-state index contributed by atoms with van der Waals surface area (Å²) in [6.45, 7) is 3.96. The van der Waals surface area contributed by atoms with Gasteiger partial charge in [-0.1, -0.05) is 6.92 Å². The van der Waals surface area contributed by atoms with Gasteiger partial charge in [0.25, 0.3) is 15.9 Å². The molecular formula is C18H21FN2O3S. The molecule has 0 aromatic heterocycles. The number of halogens is 1. The van der Waals surface area contributed by atoms with E-state index in [1.807, 2.05) is 13.8 Å². The quantitative estimate of drug-likeness (QED) is 0.853. The van der Waals surface area contributed by atoms with Crippen LogP contribution in [0.25, 0.3) is 0 Å². The molecule has 1 unspecified atom stereocenters. The highest BCUT2D eigenvalue weighted by atomic mass is 32.2. The molecule has 0 fully saturated rings. The SMILES string of the molecule is CCC(C)N(C)C(=O)c1ccc(NS(=O)(=O)c2ccc(F)cc2)cc1. The zero-order valence-electron chi connectivity index (χ0n) is 14.4. The summed E-state index contributed by atoms with van der Waals surface area (Å²) in [5.74, 6) is -0.630. The molecule has 0 aliphatic rings. The number of benzene rings is 2. The molecule has 2 aromatic rings. The molecule has 25 heavy (non-hydrogen) atoms. The van der Waals surface area contributed by atoms with Gasteiger partial charge in [-0.15, -0.1) is 0 Å². The van der Waals surface area contributed by atoms with Gasteiger partial charge in [0.05, 0.1) is 4.90 Å². The maximum Gasteiger partial charge on any atom is 0.261 e. The predicted molar refractivity (Wildman–Crippen MR) is 95.5 cm³/mol. The number of carbonyl (C=O) groups is 1. The number of anilines is 1. The molecule has 2 aromatic carbocycles. The van der Waals surface area contributed by atoms with E-state index in [9.17, 15) is 17.6 Å². The van der Waals surface area contributed by atoms with E-state index in [1.54, 1.807) is 24.1 Å². The van der Waals surface area contributed by atoms with E-state index in [0.717, 1.165) is 18.6 Å². The minimum absolute atomic E-state index is 0.0365. The van der Waals surface area contributed by atoms with E-state index in [4.69, 9.17) is 0 Å². The van der Waals surface area contributed by atoms with Gasteiger partial charge >= 0.3 is 0 Å². The molecule has 0 radical (unpaired) electrons. The lowest BCUT2D eigenvalue weighted by Gasteiger charge is -2.23. The summed E-state index contributed by atoms with van der Waals surface area (Å²) in [5.41, 5.74) is 0.805. The first-order chi connectivity index (χ1) is 11.7. The lowest BCUT2D eigenvalue weighted by atomic mass is 10.1. The van der Waals surface area contributed by atoms with Crippen LogP contribution in [0.15, 0.2) is 53.4 Å². The van der Waals surface area contributed by atoms with Crippen molar-refractivity contribution >= 4 is 21.6 Å². The molecule has 0 heterocycles. The van der Waals surface area contributed by atoms with Crippen molar-refractivity contribution in [2.75, 3.05) is 11.8 Å². The highest BCUT2D eigenvalue weighted by Crippen LogP contribution is 2.18. The fourth-order valence-electron chi connectivity index (χ4n) is 2.19. The van der Waals surface area contributed by atoms with Crippen LogP contribution in [0, 0.1) is 5.82 Å². The van der Waals surface area contributed by atoms with Crippen LogP contribution in [0.1, 0.15) is 30.6 Å². The monoisotopic (exact) mass is 364 g/mol. The lowest BCUT2D eigenvalue weighted by Crippen LogP contribution is -2.34. The first-order valence-corrected chi connectivity index (χ1v) is 9.38. The summed E-state index contributed by atoms with van der Waals surface area (Å²) in [5, 5.41) is 0. The predicted octanol–water partition coefficient (Wildman–Crippen LogP) is 3.50. The van der Waals surface area contributed by atoms with E-state index >= 15 is 0 Å². The normalized spacial score (nSPS) is 12.5. The van der Waals surface area contributed by atoms with E-state index in [1.165, 1.54) is 24.3 Å². The second-order valence-corrected chi connectivity index (χ2v) is 7.49. The van der Waals surface area contributed by atoms with Gasteiger partial charge in [-0.2, -0.15) is 0 Å². The van der Waals surface area contributed by atoms with Crippen LogP contribution < -0.4 is 4.72 Å². The maximum absolute atomic E-state index is 12.9. The minimum Gasteiger partial charge on any atom is -0.339 e. The standard InChI is InChI=1S/C18H21FN2O3S/c1-4-13(2)21(3)18(22)14-5-9-16(10-6-14)20-25(23,24)17-11-7-15(19)8-12-17/h5-13,20H,4H2,1-3H3. The topological polar surface area (TPSA) is 66.5 Å². The van der Waals surface area contributed by atoms with Gasteiger partial charge < -0.3 is 4.90 Å². The first kappa shape index (κ1) is 18.9. The Balaban J connectivity index is 2.15. The third kappa shape index (κ3) is 4.57. The Labute approximate surface area is 147 Å². The molecule has 0 saturated carbocycles. The number of nitrogens with zero attached hydrogens (tertiary/aromatic N) is 1. The Morgan fingerprint density at radius 3 is 2.20 bits per heavy atom. The third-order valence-electron chi connectivity index (χ3n) is 4.08. The third-order valence-corrected chi connectivity index (χ3v) is 5.48. The molecule has 0 aliphatic heterocycles. The van der Waals surface area contributed by atoms with Crippen LogP contribution in [0.3, 0.4) is 0 Å². The van der Waals surface area contributed by atoms with Gasteiger partial charge in [-0.25, -0.2) is 12.8 Å². The molecule has 0 bridgehead atoms. The molecule has 0 aliphatic carbocycles. The van der Waals surface area contributed by atoms with Gasteiger partial charge in [-0.3, -0.25) is 9.52 Å². The fraction of sp³-hybridized carbons (Fsp3) is 0.278. The van der Waals surface area contributed by atoms with Crippen LogP contribution in [0.5, 0.6) is 0 Å². The van der Waals surface area contributed by atoms with Crippen molar-refractivity contribution < 1.29 is 17.6 Å². The van der Waals surface area contributed by atoms with Gasteiger partial charge in [0.2, 0.25) is 0 Å². The smallest absolute Gasteiger partial charge is 0.261 e. The van der Waals surface area contributed by atoms with E-state index in [2.05, 4.69) is 4.72 Å². The number of nitrogens with one attached hydrogen (secondary N) is 1. The highest BCUT2D eigenvalue weighted by molar-refractivity contribution is 7.92. The molecular weight excluding hydrogens is 343 g/mol. The van der Waals surface area contributed by atoms with Gasteiger partial charge in [0.15, 0.2) is 0 Å². The van der Waals surface area contributed by atoms with E-state index in [-0.39, 0.29) is 16.8 Å². The second kappa shape index (κ2) is 7.65. The van der Waals surface area contributed by atoms with Crippen molar-refractivity contribution in [2.45, 2.75) is 31.2 Å². The van der Waals surface area contributed by atoms with Crippen molar-refractivity contribution in [1.82, 2.24) is 4.90 Å². The van der Waals surface area contributed by atoms with Crippen molar-refractivity contribution in [3.63, 3.8) is 0 Å². The van der Waals surface area contributed by atoms with Crippen molar-refractivity contribution in [3.8, 4) is 0 Å². The Morgan fingerprint density at radius 2 is 1.68 bits per heavy atom. The van der Waals surface area contributed by atoms with Crippen LogP contribution >= 0.6 is 0 Å². The van der Waals surface area contributed by atoms with Crippen LogP contribution in [0.4, 0.5) is 10.1 Å². The molecule has 0 saturated heterocycles. The average Bonchev–Trinajstić information content (AvgIpc) is 2.60. The highest BCUT2D eigenvalue weighted by Gasteiger charge is 2.17. The molecule has 1 amide bonds. The molecule has 134 valence electrons. The van der Waals surface area contributed by atoms with Crippen molar-refractivity contribution in [2.24, 2.45) is 0 Å². The Hall–Kier alpha value is -2.41. The van der Waals surface area contributed by atoms with Crippen molar-refractivity contribution in [1.29, 1.82) is 0 Å². The largest absolute Gasteiger partial charge is 0.339 e. The zero-order valence-corrected chi connectivity index (χ0v) is 15.2. The average molecular weight is 364 g/mol. The molecule has 2 rings (SSSR count). The number of hydrogen-bond donors (Lipinski definition) is 1. The molecule has 7 heteroatoms. The number of rotatable bonds is 6. The molecule has 5 nitrogen and oxygen atoms in total. The van der Waals surface area contributed by atoms with E-state index in [0.29, 0.717) is 11.3 Å². The summed E-state index contributed by atoms with van der Waals surface area (Å²) in [6, 6.07) is 10.9. The zero-order chi connectivity index (χ0) is 18.6. The summed E-state index contributed by atoms with van der Waals surface area (Å²) >= 11 is 0. The fourth-order valence-corrected chi connectivity index (χ4v) is 3.24. The minimum atomic E-state index is -3.81. The summed E-state index contributed by atoms with van der Waals surface area (Å²) in [6.07, 6.45) is 0.845. The van der Waals surface area contributed by atoms with Gasteiger partial charge in [0, 0.05) is 24.3 Å². The number of carbonyl (C=O) groups excluding carboxylic acids is 1. The Bertz CT molecular complexity index is 834. The lowest BCUT2D eigenvalue weighted by molar-refractivity contribution is 0.0740. The Kier molecular flexibility index (Phi) is 5.79. The summed E-state index contributed by atoms with van der Waals surface area (Å²) in [7, 11) is -2.07. The summed E-state index contributed by atoms with van der Waals surface area (Å²) < 4.78 is 39.8. The maximum atomic E-state index is 12.9. The molecule has 1 atom stereocenters. The summed E-state index contributed by atoms with van der Waals surface area (Å²) in [4.78, 5) is 14.0. The van der Waals surface area contributed by atoms with Crippen LogP contribution in [0.2, 0.25) is 0 Å². The number of amides is 1. The van der Waals surface area contributed by atoms with Gasteiger partial charge in [0.1, 0.15) is 5.82 Å². The molecule has 1 N–H and O–H groups in total. The van der Waals surface area contributed by atoms with Gasteiger partial charge in [-0.05, 0) is 61.9 Å². The Morgan fingerprint density at radius 1 is 1.12 bits per heavy atom. The van der Waals surface area contributed by atoms with Crippen molar-refractivity contribution in [3.05, 3.63) is 59.9 Å². The van der Waals surface area contributed by atoms with Crippen LogP contribution in [-0.2, 0) is 10.0 Å². The second-order valence-electron chi connectivity index (χ2n) is 5.81.